The maximum absolute atomic E-state index is 12.7. The van der Waals surface area contributed by atoms with Crippen molar-refractivity contribution in [3.8, 4) is 11.5 Å². The van der Waals surface area contributed by atoms with E-state index >= 15 is 0 Å². The molecule has 0 fully saturated rings. The lowest BCUT2D eigenvalue weighted by atomic mass is 10.1. The monoisotopic (exact) mass is 380 g/mol. The highest BCUT2D eigenvalue weighted by atomic mass is 16.5. The van der Waals surface area contributed by atoms with E-state index in [4.69, 9.17) is 9.47 Å². The molecule has 0 radical (unpaired) electrons. The third kappa shape index (κ3) is 4.30. The third-order valence-corrected chi connectivity index (χ3v) is 4.68. The predicted molar refractivity (Wildman–Crippen MR) is 112 cm³/mol. The molecule has 0 bridgehead atoms. The smallest absolute Gasteiger partial charge is 0.253 e. The zero-order valence-electron chi connectivity index (χ0n) is 16.8. The van der Waals surface area contributed by atoms with Crippen molar-refractivity contribution in [3.63, 3.8) is 0 Å². The molecule has 0 saturated carbocycles. The van der Waals surface area contributed by atoms with Crippen LogP contribution in [0.3, 0.4) is 0 Å². The predicted octanol–water partition coefficient (Wildman–Crippen LogP) is 4.43. The van der Waals surface area contributed by atoms with Gasteiger partial charge in [-0.3, -0.25) is 4.79 Å². The molecule has 1 heterocycles. The van der Waals surface area contributed by atoms with E-state index in [1.807, 2.05) is 62.5 Å². The summed E-state index contributed by atoms with van der Waals surface area (Å²) < 4.78 is 13.4. The lowest BCUT2D eigenvalue weighted by molar-refractivity contribution is 0.0955. The topological polar surface area (TPSA) is 52.5 Å². The van der Waals surface area contributed by atoms with Gasteiger partial charge in [0.25, 0.3) is 5.91 Å². The first-order chi connectivity index (χ1) is 13.7. The van der Waals surface area contributed by atoms with E-state index in [-0.39, 0.29) is 5.91 Å². The van der Waals surface area contributed by atoms with Gasteiger partial charge in [0, 0.05) is 30.2 Å². The molecule has 3 rings (SSSR count). The molecule has 5 nitrogen and oxygen atoms in total. The molecule has 0 spiro atoms. The van der Waals surface area contributed by atoms with Gasteiger partial charge in [-0.05, 0) is 51.0 Å². The molecule has 148 valence electrons. The first kappa shape index (κ1) is 19.8. The molecule has 0 aliphatic heterocycles. The molecule has 0 aliphatic carbocycles. The van der Waals surface area contributed by atoms with Crippen molar-refractivity contribution < 1.29 is 14.3 Å². The number of para-hydroxylation sites is 1. The second kappa shape index (κ2) is 9.31. The van der Waals surface area contributed by atoms with E-state index < -0.39 is 0 Å². The lowest BCUT2D eigenvalue weighted by Crippen LogP contribution is -2.25. The lowest BCUT2D eigenvalue weighted by Gasteiger charge is -2.12. The Morgan fingerprint density at radius 1 is 1.00 bits per heavy atom. The molecule has 1 amide bonds. The highest BCUT2D eigenvalue weighted by Gasteiger charge is 2.14. The maximum Gasteiger partial charge on any atom is 0.253 e. The molecule has 0 aliphatic rings. The molecule has 1 aromatic heterocycles. The molecule has 1 N–H and O–H groups in total. The fourth-order valence-corrected chi connectivity index (χ4v) is 3.36. The summed E-state index contributed by atoms with van der Waals surface area (Å²) in [6.07, 6.45) is 2.66. The Morgan fingerprint density at radius 2 is 1.75 bits per heavy atom. The Kier molecular flexibility index (Phi) is 6.58. The molecular weight excluding hydrogens is 352 g/mol. The van der Waals surface area contributed by atoms with Gasteiger partial charge in [0.1, 0.15) is 0 Å². The van der Waals surface area contributed by atoms with Crippen molar-refractivity contribution >= 4 is 16.8 Å². The standard InChI is InChI=1S/C23H28N2O3/c1-4-25-16-19(18-9-7-8-10-20(18)25)23(26)24-14-13-17-11-12-21(27-5-2)22(15-17)28-6-3/h7-12,15-16H,4-6,13-14H2,1-3H3,(H,24,26). The van der Waals surface area contributed by atoms with Crippen LogP contribution in [-0.4, -0.2) is 30.2 Å². The largest absolute Gasteiger partial charge is 0.490 e. The van der Waals surface area contributed by atoms with E-state index in [1.165, 1.54) is 0 Å². The van der Waals surface area contributed by atoms with Gasteiger partial charge >= 0.3 is 0 Å². The van der Waals surface area contributed by atoms with E-state index in [9.17, 15) is 4.79 Å². The van der Waals surface area contributed by atoms with Crippen LogP contribution in [0, 0.1) is 0 Å². The van der Waals surface area contributed by atoms with Crippen LogP contribution in [0.2, 0.25) is 0 Å². The number of hydrogen-bond donors (Lipinski definition) is 1. The Balaban J connectivity index is 1.67. The molecular formula is C23H28N2O3. The van der Waals surface area contributed by atoms with Gasteiger partial charge in [-0.25, -0.2) is 0 Å². The second-order valence-corrected chi connectivity index (χ2v) is 6.50. The van der Waals surface area contributed by atoms with Gasteiger partial charge in [-0.2, -0.15) is 0 Å². The highest BCUT2D eigenvalue weighted by Crippen LogP contribution is 2.28. The number of amides is 1. The van der Waals surface area contributed by atoms with Gasteiger partial charge in [0.2, 0.25) is 0 Å². The minimum absolute atomic E-state index is 0.0423. The van der Waals surface area contributed by atoms with E-state index in [1.54, 1.807) is 0 Å². The Labute approximate surface area is 166 Å². The van der Waals surface area contributed by atoms with Crippen LogP contribution in [0.4, 0.5) is 0 Å². The third-order valence-electron chi connectivity index (χ3n) is 4.68. The molecule has 0 atom stereocenters. The Morgan fingerprint density at radius 3 is 2.50 bits per heavy atom. The summed E-state index contributed by atoms with van der Waals surface area (Å²) in [6, 6.07) is 13.9. The minimum Gasteiger partial charge on any atom is -0.490 e. The van der Waals surface area contributed by atoms with Gasteiger partial charge in [-0.1, -0.05) is 24.3 Å². The number of nitrogens with zero attached hydrogens (tertiary/aromatic N) is 1. The zero-order valence-corrected chi connectivity index (χ0v) is 16.8. The first-order valence-corrected chi connectivity index (χ1v) is 9.92. The quantitative estimate of drug-likeness (QED) is 0.597. The van der Waals surface area contributed by atoms with Crippen molar-refractivity contribution in [2.45, 2.75) is 33.7 Å². The van der Waals surface area contributed by atoms with Gasteiger partial charge in [-0.15, -0.1) is 0 Å². The number of hydrogen-bond acceptors (Lipinski definition) is 3. The maximum atomic E-state index is 12.7. The number of carbonyl (C=O) groups is 1. The normalized spacial score (nSPS) is 10.8. The summed E-state index contributed by atoms with van der Waals surface area (Å²) in [7, 11) is 0. The molecule has 3 aromatic rings. The number of aryl methyl sites for hydroxylation is 1. The van der Waals surface area contributed by atoms with Crippen molar-refractivity contribution in [1.82, 2.24) is 9.88 Å². The second-order valence-electron chi connectivity index (χ2n) is 6.50. The zero-order chi connectivity index (χ0) is 19.9. The van der Waals surface area contributed by atoms with Gasteiger partial charge in [0.05, 0.1) is 18.8 Å². The summed E-state index contributed by atoms with van der Waals surface area (Å²) >= 11 is 0. The van der Waals surface area contributed by atoms with Crippen molar-refractivity contribution in [2.75, 3.05) is 19.8 Å². The summed E-state index contributed by atoms with van der Waals surface area (Å²) in [4.78, 5) is 12.7. The number of aromatic nitrogens is 1. The highest BCUT2D eigenvalue weighted by molar-refractivity contribution is 6.07. The minimum atomic E-state index is -0.0423. The molecule has 2 aromatic carbocycles. The van der Waals surface area contributed by atoms with Crippen LogP contribution in [0.1, 0.15) is 36.7 Å². The van der Waals surface area contributed by atoms with Crippen molar-refractivity contribution in [3.05, 3.63) is 59.8 Å². The number of rotatable bonds is 9. The molecule has 0 saturated heterocycles. The molecule has 0 unspecified atom stereocenters. The summed E-state index contributed by atoms with van der Waals surface area (Å²) in [5.74, 6) is 1.46. The SMILES string of the molecule is CCOc1ccc(CCNC(=O)c2cn(CC)c3ccccc23)cc1OCC. The summed E-state index contributed by atoms with van der Waals surface area (Å²) in [6.45, 7) is 8.56. The molecule has 5 heteroatoms. The van der Waals surface area contributed by atoms with E-state index in [0.29, 0.717) is 19.8 Å². The average molecular weight is 380 g/mol. The summed E-state index contributed by atoms with van der Waals surface area (Å²) in [5.41, 5.74) is 2.91. The molecule has 28 heavy (non-hydrogen) atoms. The van der Waals surface area contributed by atoms with Crippen LogP contribution in [0.5, 0.6) is 11.5 Å². The summed E-state index contributed by atoms with van der Waals surface area (Å²) in [5, 5.41) is 4.03. The van der Waals surface area contributed by atoms with Crippen LogP contribution >= 0.6 is 0 Å². The van der Waals surface area contributed by atoms with Gasteiger partial charge < -0.3 is 19.4 Å². The fourth-order valence-electron chi connectivity index (χ4n) is 3.36. The van der Waals surface area contributed by atoms with Crippen LogP contribution in [0.25, 0.3) is 10.9 Å². The number of benzene rings is 2. The van der Waals surface area contributed by atoms with Crippen molar-refractivity contribution in [1.29, 1.82) is 0 Å². The average Bonchev–Trinajstić information content (AvgIpc) is 3.09. The van der Waals surface area contributed by atoms with Crippen LogP contribution in [-0.2, 0) is 13.0 Å². The van der Waals surface area contributed by atoms with E-state index in [0.717, 1.165) is 46.5 Å². The fraction of sp³-hybridized carbons (Fsp3) is 0.348. The van der Waals surface area contributed by atoms with Crippen LogP contribution < -0.4 is 14.8 Å². The van der Waals surface area contributed by atoms with E-state index in [2.05, 4.69) is 16.8 Å². The van der Waals surface area contributed by atoms with Gasteiger partial charge in [0.15, 0.2) is 11.5 Å². The number of carbonyl (C=O) groups excluding carboxylic acids is 1. The van der Waals surface area contributed by atoms with Crippen LogP contribution in [0.15, 0.2) is 48.7 Å². The number of fused-ring (bicyclic) bond motifs is 1. The Bertz CT molecular complexity index is 946. The van der Waals surface area contributed by atoms with Crippen molar-refractivity contribution in [2.24, 2.45) is 0 Å². The number of ether oxygens (including phenoxy) is 2. The number of nitrogens with one attached hydrogen (secondary N) is 1. The first-order valence-electron chi connectivity index (χ1n) is 9.92. The Hall–Kier alpha value is -2.95.